The van der Waals surface area contributed by atoms with Crippen LogP contribution < -0.4 is 10.6 Å². The number of hydrogen-bond donors (Lipinski definition) is 3. The molecular formula is C12H22N2O4. The van der Waals surface area contributed by atoms with Gasteiger partial charge in [-0.1, -0.05) is 13.3 Å². The molecule has 2 atom stereocenters. The Kier molecular flexibility index (Phi) is 6.49. The molecule has 0 bridgehead atoms. The van der Waals surface area contributed by atoms with Crippen molar-refractivity contribution in [3.8, 4) is 0 Å². The van der Waals surface area contributed by atoms with Gasteiger partial charge in [-0.15, -0.1) is 0 Å². The molecule has 0 saturated carbocycles. The summed E-state index contributed by atoms with van der Waals surface area (Å²) in [5.74, 6) is -0.999. The number of nitrogens with one attached hydrogen (secondary N) is 2. The standard InChI is InChI=1S/C12H22N2O4/c1-2-5-10(11(15)16)14-12(17)13-8-9-6-3-4-7-18-9/h9-10H,2-8H2,1H3,(H,15,16)(H2,13,14,17)/t9?,10-/m1/s1. The zero-order valence-electron chi connectivity index (χ0n) is 10.8. The molecular weight excluding hydrogens is 236 g/mol. The Labute approximate surface area is 107 Å². The van der Waals surface area contributed by atoms with E-state index >= 15 is 0 Å². The molecule has 1 aliphatic heterocycles. The summed E-state index contributed by atoms with van der Waals surface area (Å²) in [5.41, 5.74) is 0. The fourth-order valence-corrected chi connectivity index (χ4v) is 1.93. The maximum absolute atomic E-state index is 11.5. The first-order chi connectivity index (χ1) is 8.63. The number of amides is 2. The van der Waals surface area contributed by atoms with Gasteiger partial charge in [0.2, 0.25) is 0 Å². The van der Waals surface area contributed by atoms with Gasteiger partial charge in [-0.05, 0) is 25.7 Å². The molecule has 3 N–H and O–H groups in total. The second kappa shape index (κ2) is 7.92. The average molecular weight is 258 g/mol. The van der Waals surface area contributed by atoms with Crippen LogP contribution in [0.25, 0.3) is 0 Å². The van der Waals surface area contributed by atoms with Crippen molar-refractivity contribution in [1.29, 1.82) is 0 Å². The van der Waals surface area contributed by atoms with E-state index in [1.54, 1.807) is 0 Å². The summed E-state index contributed by atoms with van der Waals surface area (Å²) in [4.78, 5) is 22.4. The number of aliphatic carboxylic acids is 1. The Hall–Kier alpha value is -1.30. The van der Waals surface area contributed by atoms with Crippen molar-refractivity contribution in [2.75, 3.05) is 13.2 Å². The van der Waals surface area contributed by atoms with E-state index in [-0.39, 0.29) is 6.10 Å². The molecule has 0 aromatic carbocycles. The van der Waals surface area contributed by atoms with E-state index in [9.17, 15) is 9.59 Å². The molecule has 2 amide bonds. The van der Waals surface area contributed by atoms with Crippen LogP contribution in [-0.2, 0) is 9.53 Å². The van der Waals surface area contributed by atoms with Crippen LogP contribution in [0.1, 0.15) is 39.0 Å². The van der Waals surface area contributed by atoms with Crippen molar-refractivity contribution in [2.24, 2.45) is 0 Å². The van der Waals surface area contributed by atoms with Crippen LogP contribution in [0.15, 0.2) is 0 Å². The van der Waals surface area contributed by atoms with Crippen molar-refractivity contribution >= 4 is 12.0 Å². The molecule has 1 heterocycles. The largest absolute Gasteiger partial charge is 0.480 e. The predicted octanol–water partition coefficient (Wildman–Crippen LogP) is 1.11. The Morgan fingerprint density at radius 1 is 1.44 bits per heavy atom. The Balaban J connectivity index is 2.24. The first kappa shape index (κ1) is 14.8. The van der Waals surface area contributed by atoms with E-state index in [0.717, 1.165) is 25.9 Å². The summed E-state index contributed by atoms with van der Waals surface area (Å²) >= 11 is 0. The van der Waals surface area contributed by atoms with Gasteiger partial charge in [0.1, 0.15) is 6.04 Å². The Morgan fingerprint density at radius 3 is 2.78 bits per heavy atom. The summed E-state index contributed by atoms with van der Waals surface area (Å²) in [6.45, 7) is 3.05. The number of hydrogen-bond acceptors (Lipinski definition) is 3. The number of urea groups is 1. The van der Waals surface area contributed by atoms with Gasteiger partial charge in [0, 0.05) is 13.2 Å². The minimum atomic E-state index is -0.999. The molecule has 18 heavy (non-hydrogen) atoms. The first-order valence-electron chi connectivity index (χ1n) is 6.52. The lowest BCUT2D eigenvalue weighted by molar-refractivity contribution is -0.139. The van der Waals surface area contributed by atoms with Crippen LogP contribution in [0.3, 0.4) is 0 Å². The average Bonchev–Trinajstić information content (AvgIpc) is 2.37. The smallest absolute Gasteiger partial charge is 0.326 e. The zero-order valence-corrected chi connectivity index (χ0v) is 10.8. The van der Waals surface area contributed by atoms with E-state index in [0.29, 0.717) is 19.4 Å². The van der Waals surface area contributed by atoms with Gasteiger partial charge in [-0.25, -0.2) is 9.59 Å². The van der Waals surface area contributed by atoms with Gasteiger partial charge >= 0.3 is 12.0 Å². The van der Waals surface area contributed by atoms with Crippen molar-refractivity contribution in [3.05, 3.63) is 0 Å². The summed E-state index contributed by atoms with van der Waals surface area (Å²) < 4.78 is 5.47. The van der Waals surface area contributed by atoms with E-state index in [1.165, 1.54) is 0 Å². The molecule has 0 spiro atoms. The minimum Gasteiger partial charge on any atom is -0.480 e. The van der Waals surface area contributed by atoms with Gasteiger partial charge < -0.3 is 20.5 Å². The van der Waals surface area contributed by atoms with Crippen LogP contribution in [0, 0.1) is 0 Å². The fourth-order valence-electron chi connectivity index (χ4n) is 1.93. The highest BCUT2D eigenvalue weighted by atomic mass is 16.5. The molecule has 0 aromatic rings. The van der Waals surface area contributed by atoms with Crippen LogP contribution in [0.2, 0.25) is 0 Å². The summed E-state index contributed by atoms with van der Waals surface area (Å²) in [5, 5.41) is 14.0. The highest BCUT2D eigenvalue weighted by Gasteiger charge is 2.20. The third-order valence-electron chi connectivity index (χ3n) is 2.95. The molecule has 104 valence electrons. The normalized spacial score (nSPS) is 21.1. The second-order valence-corrected chi connectivity index (χ2v) is 4.52. The highest BCUT2D eigenvalue weighted by molar-refractivity contribution is 5.82. The number of carbonyl (C=O) groups is 2. The van der Waals surface area contributed by atoms with Crippen molar-refractivity contribution in [3.63, 3.8) is 0 Å². The molecule has 6 heteroatoms. The molecule has 0 aliphatic carbocycles. The zero-order chi connectivity index (χ0) is 13.4. The maximum atomic E-state index is 11.5. The Bertz CT molecular complexity index is 277. The number of carboxylic acid groups (broad SMARTS) is 1. The lowest BCUT2D eigenvalue weighted by atomic mass is 10.1. The van der Waals surface area contributed by atoms with Gasteiger partial charge in [0.25, 0.3) is 0 Å². The molecule has 1 aliphatic rings. The molecule has 1 saturated heterocycles. The summed E-state index contributed by atoms with van der Waals surface area (Å²) in [6, 6.07) is -1.26. The molecule has 1 unspecified atom stereocenters. The van der Waals surface area contributed by atoms with Crippen molar-refractivity contribution in [2.45, 2.75) is 51.2 Å². The predicted molar refractivity (Wildman–Crippen MR) is 66.5 cm³/mol. The van der Waals surface area contributed by atoms with Gasteiger partial charge in [0.15, 0.2) is 0 Å². The monoisotopic (exact) mass is 258 g/mol. The van der Waals surface area contributed by atoms with E-state index in [4.69, 9.17) is 9.84 Å². The van der Waals surface area contributed by atoms with Crippen LogP contribution in [0.5, 0.6) is 0 Å². The maximum Gasteiger partial charge on any atom is 0.326 e. The molecule has 6 nitrogen and oxygen atoms in total. The highest BCUT2D eigenvalue weighted by Crippen LogP contribution is 2.11. The van der Waals surface area contributed by atoms with E-state index in [2.05, 4.69) is 10.6 Å². The summed E-state index contributed by atoms with van der Waals surface area (Å²) in [7, 11) is 0. The minimum absolute atomic E-state index is 0.0546. The van der Waals surface area contributed by atoms with Crippen LogP contribution in [0.4, 0.5) is 4.79 Å². The molecule has 1 fully saturated rings. The summed E-state index contributed by atoms with van der Waals surface area (Å²) in [6.07, 6.45) is 4.32. The SMILES string of the molecule is CCC[C@@H](NC(=O)NCC1CCCCO1)C(=O)O. The first-order valence-corrected chi connectivity index (χ1v) is 6.52. The lowest BCUT2D eigenvalue weighted by Crippen LogP contribution is -2.48. The third kappa shape index (κ3) is 5.35. The van der Waals surface area contributed by atoms with Crippen molar-refractivity contribution < 1.29 is 19.4 Å². The fraction of sp³-hybridized carbons (Fsp3) is 0.833. The Morgan fingerprint density at radius 2 is 2.22 bits per heavy atom. The van der Waals surface area contributed by atoms with Crippen LogP contribution in [-0.4, -0.2) is 42.4 Å². The van der Waals surface area contributed by atoms with Gasteiger partial charge in [-0.2, -0.15) is 0 Å². The van der Waals surface area contributed by atoms with E-state index < -0.39 is 18.0 Å². The lowest BCUT2D eigenvalue weighted by Gasteiger charge is -2.23. The van der Waals surface area contributed by atoms with Crippen molar-refractivity contribution in [1.82, 2.24) is 10.6 Å². The quantitative estimate of drug-likeness (QED) is 0.666. The third-order valence-corrected chi connectivity index (χ3v) is 2.95. The molecule has 0 aromatic heterocycles. The molecule has 1 rings (SSSR count). The van der Waals surface area contributed by atoms with Gasteiger partial charge in [-0.3, -0.25) is 0 Å². The number of rotatable bonds is 6. The topological polar surface area (TPSA) is 87.7 Å². The molecule has 0 radical (unpaired) electrons. The van der Waals surface area contributed by atoms with E-state index in [1.807, 2.05) is 6.92 Å². The number of ether oxygens (including phenoxy) is 1. The second-order valence-electron chi connectivity index (χ2n) is 4.52. The van der Waals surface area contributed by atoms with Crippen LogP contribution >= 0.6 is 0 Å². The van der Waals surface area contributed by atoms with Gasteiger partial charge in [0.05, 0.1) is 6.10 Å². The number of carbonyl (C=O) groups excluding carboxylic acids is 1. The number of carboxylic acids is 1.